The van der Waals surface area contributed by atoms with Gasteiger partial charge in [0.05, 0.1) is 6.20 Å². The maximum Gasteiger partial charge on any atom is 0.324 e. The average molecular weight is 295 g/mol. The van der Waals surface area contributed by atoms with Crippen molar-refractivity contribution in [2.24, 2.45) is 0 Å². The molecule has 112 valence electrons. The molecule has 0 spiro atoms. The van der Waals surface area contributed by atoms with Crippen molar-refractivity contribution >= 4 is 17.5 Å². The summed E-state index contributed by atoms with van der Waals surface area (Å²) < 4.78 is 0. The summed E-state index contributed by atoms with van der Waals surface area (Å²) in [5.41, 5.74) is 3.48. The Morgan fingerprint density at radius 1 is 1.14 bits per heavy atom. The molecule has 1 aliphatic carbocycles. The van der Waals surface area contributed by atoms with Gasteiger partial charge in [0.1, 0.15) is 0 Å². The third kappa shape index (κ3) is 2.78. The lowest BCUT2D eigenvalue weighted by Gasteiger charge is -2.12. The highest BCUT2D eigenvalue weighted by molar-refractivity contribution is 5.99. The molecule has 1 saturated carbocycles. The molecule has 2 N–H and O–H groups in total. The highest BCUT2D eigenvalue weighted by atomic mass is 16.2. The minimum absolute atomic E-state index is 0.308. The van der Waals surface area contributed by atoms with Crippen molar-refractivity contribution < 1.29 is 4.79 Å². The highest BCUT2D eigenvalue weighted by Gasteiger charge is 2.32. The van der Waals surface area contributed by atoms with E-state index in [-0.39, 0.29) is 6.03 Å². The fourth-order valence-corrected chi connectivity index (χ4v) is 2.84. The molecule has 2 aliphatic rings. The number of amides is 2. The van der Waals surface area contributed by atoms with Crippen LogP contribution in [0.25, 0.3) is 0 Å². The molecule has 2 amide bonds. The van der Waals surface area contributed by atoms with Crippen LogP contribution in [0.2, 0.25) is 0 Å². The number of rotatable bonds is 3. The van der Waals surface area contributed by atoms with Gasteiger partial charge in [-0.25, -0.2) is 9.78 Å². The van der Waals surface area contributed by atoms with E-state index < -0.39 is 0 Å². The molecule has 0 saturated heterocycles. The van der Waals surface area contributed by atoms with E-state index >= 15 is 0 Å². The molecule has 0 atom stereocenters. The molecule has 4 rings (SSSR count). The Morgan fingerprint density at radius 2 is 2.00 bits per heavy atom. The van der Waals surface area contributed by atoms with E-state index in [2.05, 4.69) is 37.6 Å². The van der Waals surface area contributed by atoms with Gasteiger partial charge in [-0.15, -0.1) is 0 Å². The van der Waals surface area contributed by atoms with Crippen LogP contribution in [0.4, 0.5) is 16.3 Å². The number of aromatic nitrogens is 2. The molecule has 22 heavy (non-hydrogen) atoms. The van der Waals surface area contributed by atoms with Crippen molar-refractivity contribution in [1.29, 1.82) is 0 Å². The number of carbonyl (C=O) groups is 1. The summed E-state index contributed by atoms with van der Waals surface area (Å²) in [5, 5.41) is 5.50. The van der Waals surface area contributed by atoms with Gasteiger partial charge in [0.2, 0.25) is 0 Å². The zero-order chi connectivity index (χ0) is 14.9. The van der Waals surface area contributed by atoms with Gasteiger partial charge in [0.25, 0.3) is 0 Å². The number of urea groups is 1. The van der Waals surface area contributed by atoms with Gasteiger partial charge in [0.15, 0.2) is 5.82 Å². The lowest BCUT2D eigenvalue weighted by atomic mass is 10.1. The first-order valence-corrected chi connectivity index (χ1v) is 7.48. The van der Waals surface area contributed by atoms with Crippen molar-refractivity contribution in [3.63, 3.8) is 0 Å². The van der Waals surface area contributed by atoms with E-state index in [9.17, 15) is 4.79 Å². The summed E-state index contributed by atoms with van der Waals surface area (Å²) in [5.74, 6) is 0.432. The Morgan fingerprint density at radius 3 is 2.77 bits per heavy atom. The molecule has 1 aromatic heterocycles. The fourth-order valence-electron chi connectivity index (χ4n) is 2.84. The third-order valence-electron chi connectivity index (χ3n) is 4.08. The molecular weight excluding hydrogens is 278 g/mol. The SMILES string of the molecule is O=C(Nc1ccc2c(c1)CN(C1CC1)C2)Nc1cnccn1. The minimum Gasteiger partial charge on any atom is -0.308 e. The number of nitrogens with zero attached hydrogens (tertiary/aromatic N) is 3. The van der Waals surface area contributed by atoms with Gasteiger partial charge in [-0.05, 0) is 36.1 Å². The molecule has 0 bridgehead atoms. The topological polar surface area (TPSA) is 70.2 Å². The van der Waals surface area contributed by atoms with Crippen LogP contribution in [-0.4, -0.2) is 26.9 Å². The lowest BCUT2D eigenvalue weighted by molar-refractivity contribution is 0.262. The molecule has 0 radical (unpaired) electrons. The summed E-state index contributed by atoms with van der Waals surface area (Å²) >= 11 is 0. The predicted octanol–water partition coefficient (Wildman–Crippen LogP) is 2.60. The molecule has 6 nitrogen and oxygen atoms in total. The van der Waals surface area contributed by atoms with Crippen molar-refractivity contribution in [2.45, 2.75) is 32.0 Å². The first kappa shape index (κ1) is 13.2. The number of benzene rings is 1. The van der Waals surface area contributed by atoms with E-state index in [0.29, 0.717) is 5.82 Å². The van der Waals surface area contributed by atoms with Gasteiger partial charge in [-0.2, -0.15) is 0 Å². The average Bonchev–Trinajstić information content (AvgIpc) is 3.28. The largest absolute Gasteiger partial charge is 0.324 e. The summed E-state index contributed by atoms with van der Waals surface area (Å²) in [7, 11) is 0. The van der Waals surface area contributed by atoms with Gasteiger partial charge < -0.3 is 5.32 Å². The molecule has 2 aromatic rings. The van der Waals surface area contributed by atoms with Crippen molar-refractivity contribution in [3.8, 4) is 0 Å². The van der Waals surface area contributed by atoms with E-state index in [4.69, 9.17) is 0 Å². The Bertz CT molecular complexity index is 699. The summed E-state index contributed by atoms with van der Waals surface area (Å²) in [6.45, 7) is 2.02. The Balaban J connectivity index is 1.41. The van der Waals surface area contributed by atoms with Crippen LogP contribution in [0.5, 0.6) is 0 Å². The zero-order valence-electron chi connectivity index (χ0n) is 12.1. The molecule has 2 heterocycles. The monoisotopic (exact) mass is 295 g/mol. The number of nitrogens with one attached hydrogen (secondary N) is 2. The van der Waals surface area contributed by atoms with Crippen LogP contribution in [0.1, 0.15) is 24.0 Å². The van der Waals surface area contributed by atoms with E-state index in [1.807, 2.05) is 6.07 Å². The number of fused-ring (bicyclic) bond motifs is 1. The molecule has 1 aromatic carbocycles. The second-order valence-corrected chi connectivity index (χ2v) is 5.79. The first-order chi connectivity index (χ1) is 10.8. The highest BCUT2D eigenvalue weighted by Crippen LogP contribution is 2.35. The van der Waals surface area contributed by atoms with Crippen LogP contribution in [0.3, 0.4) is 0 Å². The van der Waals surface area contributed by atoms with Gasteiger partial charge in [-0.1, -0.05) is 6.07 Å². The van der Waals surface area contributed by atoms with Gasteiger partial charge in [-0.3, -0.25) is 15.2 Å². The number of hydrogen-bond acceptors (Lipinski definition) is 4. The molecule has 6 heteroatoms. The Kier molecular flexibility index (Phi) is 3.23. The normalized spacial score (nSPS) is 17.1. The maximum atomic E-state index is 12.0. The number of carbonyl (C=O) groups excluding carboxylic acids is 1. The maximum absolute atomic E-state index is 12.0. The smallest absolute Gasteiger partial charge is 0.308 e. The van der Waals surface area contributed by atoms with Crippen LogP contribution in [0, 0.1) is 0 Å². The quantitative estimate of drug-likeness (QED) is 0.913. The second-order valence-electron chi connectivity index (χ2n) is 5.79. The zero-order valence-corrected chi connectivity index (χ0v) is 12.1. The number of hydrogen-bond donors (Lipinski definition) is 2. The fraction of sp³-hybridized carbons (Fsp3) is 0.312. The van der Waals surface area contributed by atoms with Crippen molar-refractivity contribution in [3.05, 3.63) is 47.9 Å². The molecule has 0 unspecified atom stereocenters. The summed E-state index contributed by atoms with van der Waals surface area (Å²) in [4.78, 5) is 22.4. The van der Waals surface area contributed by atoms with Crippen LogP contribution < -0.4 is 10.6 Å². The lowest BCUT2D eigenvalue weighted by Crippen LogP contribution is -2.20. The van der Waals surface area contributed by atoms with Crippen LogP contribution in [0.15, 0.2) is 36.8 Å². The molecular formula is C16H17N5O. The Labute approximate surface area is 128 Å². The van der Waals surface area contributed by atoms with E-state index in [1.54, 1.807) is 6.20 Å². The third-order valence-corrected chi connectivity index (χ3v) is 4.08. The minimum atomic E-state index is -0.308. The van der Waals surface area contributed by atoms with Gasteiger partial charge in [0, 0.05) is 37.2 Å². The van der Waals surface area contributed by atoms with Crippen molar-refractivity contribution in [2.75, 3.05) is 10.6 Å². The predicted molar refractivity (Wildman–Crippen MR) is 83.4 cm³/mol. The summed E-state index contributed by atoms with van der Waals surface area (Å²) in [6.07, 6.45) is 7.25. The second kappa shape index (κ2) is 5.38. The van der Waals surface area contributed by atoms with Crippen molar-refractivity contribution in [1.82, 2.24) is 14.9 Å². The molecule has 1 fully saturated rings. The number of anilines is 2. The Hall–Kier alpha value is -2.47. The van der Waals surface area contributed by atoms with E-state index in [0.717, 1.165) is 24.8 Å². The first-order valence-electron chi connectivity index (χ1n) is 7.48. The van der Waals surface area contributed by atoms with Gasteiger partial charge >= 0.3 is 6.03 Å². The van der Waals surface area contributed by atoms with Crippen LogP contribution in [-0.2, 0) is 13.1 Å². The van der Waals surface area contributed by atoms with Crippen LogP contribution >= 0.6 is 0 Å². The molecule has 1 aliphatic heterocycles. The van der Waals surface area contributed by atoms with E-state index in [1.165, 1.54) is 36.4 Å². The summed E-state index contributed by atoms with van der Waals surface area (Å²) in [6, 6.07) is 6.58. The standard InChI is InChI=1S/C16H17N5O/c22-16(20-15-8-17-5-6-18-15)19-13-2-1-11-9-21(14-3-4-14)10-12(11)7-13/h1-2,5-8,14H,3-4,9-10H2,(H2,18,19,20,22).